The van der Waals surface area contributed by atoms with Crippen LogP contribution >= 0.6 is 0 Å². The summed E-state index contributed by atoms with van der Waals surface area (Å²) in [5, 5.41) is 6.68. The first kappa shape index (κ1) is 14.7. The summed E-state index contributed by atoms with van der Waals surface area (Å²) in [6.07, 6.45) is 3.65. The number of carbonyl (C=O) groups excluding carboxylic acids is 1. The Morgan fingerprint density at radius 3 is 3.00 bits per heavy atom. The lowest BCUT2D eigenvalue weighted by atomic mass is 10.3. The second kappa shape index (κ2) is 6.24. The van der Waals surface area contributed by atoms with Crippen molar-refractivity contribution in [3.8, 4) is 0 Å². The molecule has 0 atom stereocenters. The van der Waals surface area contributed by atoms with Gasteiger partial charge in [0.15, 0.2) is 6.73 Å². The van der Waals surface area contributed by atoms with Gasteiger partial charge < -0.3 is 4.74 Å². The lowest BCUT2D eigenvalue weighted by Crippen LogP contribution is -2.39. The summed E-state index contributed by atoms with van der Waals surface area (Å²) in [5.74, 6) is -0.178. The maximum absolute atomic E-state index is 11.9. The Kier molecular flexibility index (Phi) is 4.16. The normalized spacial score (nSPS) is 15.7. The number of H-pyrrole nitrogens is 1. The molecule has 9 nitrogen and oxygen atoms in total. The molecule has 0 aromatic carbocycles. The summed E-state index contributed by atoms with van der Waals surface area (Å²) in [4.78, 5) is 31.7. The zero-order valence-corrected chi connectivity index (χ0v) is 12.4. The van der Waals surface area contributed by atoms with Gasteiger partial charge in [0.25, 0.3) is 11.3 Å². The third-order valence-electron chi connectivity index (χ3n) is 3.62. The maximum atomic E-state index is 11.9. The summed E-state index contributed by atoms with van der Waals surface area (Å²) in [6, 6.07) is 1.30. The molecule has 0 saturated carbocycles. The van der Waals surface area contributed by atoms with Crippen molar-refractivity contribution in [2.24, 2.45) is 0 Å². The van der Waals surface area contributed by atoms with Gasteiger partial charge in [0.05, 0.1) is 12.1 Å². The largest absolute Gasteiger partial charge is 0.448 e. The Hall–Kier alpha value is -2.26. The fourth-order valence-electron chi connectivity index (χ4n) is 2.45. The average molecular weight is 306 g/mol. The number of nitrogens with one attached hydrogen (secondary N) is 1. The van der Waals surface area contributed by atoms with E-state index in [0.717, 1.165) is 25.9 Å². The predicted octanol–water partition coefficient (Wildman–Crippen LogP) is -0.597. The first-order valence-electron chi connectivity index (χ1n) is 7.17. The molecule has 0 amide bonds. The number of nitrogens with zero attached hydrogens (tertiary/aromatic N) is 5. The van der Waals surface area contributed by atoms with E-state index in [-0.39, 0.29) is 24.5 Å². The molecule has 2 aromatic rings. The van der Waals surface area contributed by atoms with E-state index < -0.39 is 5.97 Å². The van der Waals surface area contributed by atoms with E-state index in [2.05, 4.69) is 20.1 Å². The molecule has 0 aliphatic carbocycles. The number of aromatic amines is 1. The number of hydrogen-bond acceptors (Lipinski definition) is 7. The summed E-state index contributed by atoms with van der Waals surface area (Å²) < 4.78 is 6.43. The molecule has 0 unspecified atom stereocenters. The van der Waals surface area contributed by atoms with Gasteiger partial charge in [-0.3, -0.25) is 14.7 Å². The molecule has 0 radical (unpaired) electrons. The Balaban J connectivity index is 1.57. The quantitative estimate of drug-likeness (QED) is 0.582. The van der Waals surface area contributed by atoms with Crippen LogP contribution in [0.1, 0.15) is 18.5 Å². The predicted molar refractivity (Wildman–Crippen MR) is 76.8 cm³/mol. The zero-order chi connectivity index (χ0) is 15.5. The molecular weight excluding hydrogens is 288 g/mol. The molecule has 3 rings (SSSR count). The molecule has 1 aliphatic rings. The first-order chi connectivity index (χ1) is 10.6. The van der Waals surface area contributed by atoms with Crippen LogP contribution in [-0.2, 0) is 16.0 Å². The van der Waals surface area contributed by atoms with Gasteiger partial charge in [-0.1, -0.05) is 0 Å². The zero-order valence-electron chi connectivity index (χ0n) is 12.4. The van der Waals surface area contributed by atoms with Gasteiger partial charge in [0.1, 0.15) is 6.33 Å². The second-order valence-electron chi connectivity index (χ2n) is 5.25. The topological polar surface area (TPSA) is 95.8 Å². The summed E-state index contributed by atoms with van der Waals surface area (Å²) in [6.45, 7) is 2.17. The molecule has 0 spiro atoms. The number of ether oxygens (including phenoxy) is 1. The highest BCUT2D eigenvalue weighted by Crippen LogP contribution is 2.09. The molecule has 22 heavy (non-hydrogen) atoms. The lowest BCUT2D eigenvalue weighted by molar-refractivity contribution is -0.155. The number of rotatable bonds is 5. The van der Waals surface area contributed by atoms with Crippen molar-refractivity contribution in [2.75, 3.05) is 26.9 Å². The van der Waals surface area contributed by atoms with Crippen LogP contribution in [0.15, 0.2) is 17.2 Å². The van der Waals surface area contributed by atoms with Crippen molar-refractivity contribution in [3.63, 3.8) is 0 Å². The SMILES string of the molecule is CN(COC(=O)Cc1cc(=O)n2[nH]cnc2n1)N1CCCC1. The molecular formula is C13H18N6O3. The number of hydrogen-bond donors (Lipinski definition) is 1. The van der Waals surface area contributed by atoms with Crippen molar-refractivity contribution in [1.29, 1.82) is 0 Å². The standard InChI is InChI=1S/C13H18N6O3/c1-17(18-4-2-3-5-18)9-22-12(21)7-10-6-11(20)19-13(16-10)14-8-15-19/h6,8H,2-5,7,9H2,1H3,(H,14,15,16). The van der Waals surface area contributed by atoms with Crippen molar-refractivity contribution in [1.82, 2.24) is 29.6 Å². The monoisotopic (exact) mass is 306 g/mol. The Labute approximate surface area is 126 Å². The van der Waals surface area contributed by atoms with Crippen molar-refractivity contribution in [2.45, 2.75) is 19.3 Å². The highest BCUT2D eigenvalue weighted by Gasteiger charge is 2.17. The molecule has 1 aliphatic heterocycles. The van der Waals surface area contributed by atoms with Crippen LogP contribution < -0.4 is 5.56 Å². The minimum Gasteiger partial charge on any atom is -0.448 e. The summed E-state index contributed by atoms with van der Waals surface area (Å²) in [7, 11) is 1.89. The highest BCUT2D eigenvalue weighted by atomic mass is 16.5. The number of carbonyl (C=O) groups is 1. The molecule has 2 aromatic heterocycles. The van der Waals surface area contributed by atoms with E-state index >= 15 is 0 Å². The van der Waals surface area contributed by atoms with Gasteiger partial charge in [0.2, 0.25) is 0 Å². The van der Waals surface area contributed by atoms with Gasteiger partial charge in [-0.05, 0) is 12.8 Å². The van der Waals surface area contributed by atoms with Crippen LogP contribution in [0.2, 0.25) is 0 Å². The van der Waals surface area contributed by atoms with Crippen molar-refractivity contribution in [3.05, 3.63) is 28.4 Å². The van der Waals surface area contributed by atoms with Crippen LogP contribution in [0.5, 0.6) is 0 Å². The van der Waals surface area contributed by atoms with Gasteiger partial charge in [-0.25, -0.2) is 20.0 Å². The van der Waals surface area contributed by atoms with Crippen LogP contribution in [0.25, 0.3) is 5.78 Å². The van der Waals surface area contributed by atoms with Gasteiger partial charge in [0, 0.05) is 26.2 Å². The van der Waals surface area contributed by atoms with Crippen LogP contribution in [-0.4, -0.2) is 62.4 Å². The van der Waals surface area contributed by atoms with Crippen molar-refractivity contribution < 1.29 is 9.53 Å². The lowest BCUT2D eigenvalue weighted by Gasteiger charge is -2.26. The minimum atomic E-state index is -0.419. The van der Waals surface area contributed by atoms with E-state index in [9.17, 15) is 9.59 Å². The molecule has 1 saturated heterocycles. The van der Waals surface area contributed by atoms with E-state index in [1.807, 2.05) is 12.1 Å². The molecule has 1 N–H and O–H groups in total. The maximum Gasteiger partial charge on any atom is 0.313 e. The average Bonchev–Trinajstić information content (AvgIpc) is 3.15. The number of aromatic nitrogens is 4. The number of hydrazine groups is 1. The summed E-state index contributed by atoms with van der Waals surface area (Å²) >= 11 is 0. The van der Waals surface area contributed by atoms with Gasteiger partial charge in [-0.2, -0.15) is 4.52 Å². The Morgan fingerprint density at radius 2 is 2.23 bits per heavy atom. The van der Waals surface area contributed by atoms with Crippen LogP contribution in [0.3, 0.4) is 0 Å². The number of esters is 1. The van der Waals surface area contributed by atoms with E-state index in [0.29, 0.717) is 5.69 Å². The molecule has 0 bridgehead atoms. The van der Waals surface area contributed by atoms with Crippen LogP contribution in [0, 0.1) is 0 Å². The molecule has 3 heterocycles. The molecule has 118 valence electrons. The Bertz CT molecular complexity index is 718. The first-order valence-corrected chi connectivity index (χ1v) is 7.17. The second-order valence-corrected chi connectivity index (χ2v) is 5.25. The van der Waals surface area contributed by atoms with E-state index in [1.54, 1.807) is 0 Å². The third-order valence-corrected chi connectivity index (χ3v) is 3.62. The summed E-state index contributed by atoms with van der Waals surface area (Å²) in [5.41, 5.74) is 0.0467. The fraction of sp³-hybridized carbons (Fsp3) is 0.538. The van der Waals surface area contributed by atoms with Crippen molar-refractivity contribution >= 4 is 11.7 Å². The van der Waals surface area contributed by atoms with Gasteiger partial charge >= 0.3 is 5.97 Å². The minimum absolute atomic E-state index is 0.0492. The third kappa shape index (κ3) is 3.15. The Morgan fingerprint density at radius 1 is 1.45 bits per heavy atom. The van der Waals surface area contributed by atoms with Crippen LogP contribution in [0.4, 0.5) is 0 Å². The molecule has 9 heteroatoms. The fourth-order valence-corrected chi connectivity index (χ4v) is 2.45. The van der Waals surface area contributed by atoms with E-state index in [1.165, 1.54) is 16.9 Å². The number of fused-ring (bicyclic) bond motifs is 1. The van der Waals surface area contributed by atoms with Gasteiger partial charge in [-0.15, -0.1) is 0 Å². The smallest absolute Gasteiger partial charge is 0.313 e. The highest BCUT2D eigenvalue weighted by molar-refractivity contribution is 5.72. The van der Waals surface area contributed by atoms with E-state index in [4.69, 9.17) is 4.74 Å². The molecule has 1 fully saturated rings.